The van der Waals surface area contributed by atoms with Gasteiger partial charge in [-0.15, -0.1) is 13.2 Å². The molecule has 0 amide bonds. The van der Waals surface area contributed by atoms with Gasteiger partial charge in [0, 0.05) is 32.0 Å². The number of rotatable bonds is 1. The van der Waals surface area contributed by atoms with Gasteiger partial charge in [0.2, 0.25) is 0 Å². The van der Waals surface area contributed by atoms with Crippen LogP contribution >= 0.6 is 0 Å². The molecule has 3 heteroatoms. The highest BCUT2D eigenvalue weighted by Crippen LogP contribution is 2.31. The predicted molar refractivity (Wildman–Crippen MR) is 79.8 cm³/mol. The van der Waals surface area contributed by atoms with Gasteiger partial charge in [0.15, 0.2) is 0 Å². The Morgan fingerprint density at radius 3 is 1.84 bits per heavy atom. The van der Waals surface area contributed by atoms with E-state index in [1.54, 1.807) is 0 Å². The van der Waals surface area contributed by atoms with Crippen LogP contribution in [0.15, 0.2) is 13.2 Å². The molecule has 114 valence electrons. The smallest absolute Gasteiger partial charge is 0.250 e. The van der Waals surface area contributed by atoms with Gasteiger partial charge < -0.3 is 0 Å². The van der Waals surface area contributed by atoms with Gasteiger partial charge in [-0.3, -0.25) is 4.90 Å². The van der Waals surface area contributed by atoms with Gasteiger partial charge in [-0.25, -0.2) is 8.78 Å². The van der Waals surface area contributed by atoms with E-state index in [4.69, 9.17) is 0 Å². The average Bonchev–Trinajstić information content (AvgIpc) is 2.43. The lowest BCUT2D eigenvalue weighted by Crippen LogP contribution is -2.45. The van der Waals surface area contributed by atoms with Gasteiger partial charge in [0.05, 0.1) is 0 Å². The molecular weight excluding hydrogens is 244 g/mol. The first-order chi connectivity index (χ1) is 9.09. The van der Waals surface area contributed by atoms with E-state index >= 15 is 0 Å². The van der Waals surface area contributed by atoms with E-state index in [1.807, 2.05) is 0 Å². The molecule has 2 fully saturated rings. The van der Waals surface area contributed by atoms with E-state index in [2.05, 4.69) is 31.9 Å². The van der Waals surface area contributed by atoms with E-state index in [1.165, 1.54) is 38.5 Å². The number of piperidine rings is 1. The van der Waals surface area contributed by atoms with Crippen LogP contribution in [0.1, 0.15) is 65.2 Å². The molecule has 0 bridgehead atoms. The summed E-state index contributed by atoms with van der Waals surface area (Å²) in [5.74, 6) is -2.38. The fourth-order valence-electron chi connectivity index (χ4n) is 2.66. The average molecular weight is 275 g/mol. The number of alkyl halides is 2. The normalized spacial score (nSPS) is 23.6. The van der Waals surface area contributed by atoms with Crippen LogP contribution in [0.2, 0.25) is 0 Å². The number of likely N-dealkylation sites (tertiary alicyclic amines) is 1. The van der Waals surface area contributed by atoms with Gasteiger partial charge in [-0.05, 0) is 12.8 Å². The van der Waals surface area contributed by atoms with Crippen LogP contribution in [0.25, 0.3) is 0 Å². The van der Waals surface area contributed by atoms with Crippen LogP contribution in [0, 0.1) is 0 Å². The van der Waals surface area contributed by atoms with E-state index in [0.29, 0.717) is 19.1 Å². The zero-order valence-corrected chi connectivity index (χ0v) is 12.8. The Morgan fingerprint density at radius 1 is 1.00 bits per heavy atom. The Kier molecular flexibility index (Phi) is 10.1. The van der Waals surface area contributed by atoms with Crippen molar-refractivity contribution in [3.63, 3.8) is 0 Å². The highest BCUT2D eigenvalue weighted by Gasteiger charge is 2.36. The first-order valence-corrected chi connectivity index (χ1v) is 7.71. The molecule has 1 saturated heterocycles. The van der Waals surface area contributed by atoms with Crippen LogP contribution in [0.4, 0.5) is 8.78 Å². The van der Waals surface area contributed by atoms with Gasteiger partial charge in [0.1, 0.15) is 0 Å². The monoisotopic (exact) mass is 275 g/mol. The molecule has 0 aromatic rings. The third kappa shape index (κ3) is 7.66. The molecule has 1 aliphatic heterocycles. The molecule has 0 aromatic carbocycles. The maximum absolute atomic E-state index is 12.9. The maximum atomic E-state index is 12.9. The van der Waals surface area contributed by atoms with Crippen LogP contribution in [0.3, 0.4) is 0 Å². The summed E-state index contributed by atoms with van der Waals surface area (Å²) in [5, 5.41) is 0. The largest absolute Gasteiger partial charge is 0.300 e. The van der Waals surface area contributed by atoms with Crippen molar-refractivity contribution in [2.75, 3.05) is 13.1 Å². The van der Waals surface area contributed by atoms with E-state index in [9.17, 15) is 8.78 Å². The van der Waals surface area contributed by atoms with Crippen molar-refractivity contribution in [2.45, 2.75) is 77.2 Å². The summed E-state index contributed by atoms with van der Waals surface area (Å²) < 4.78 is 25.8. The van der Waals surface area contributed by atoms with Gasteiger partial charge >= 0.3 is 0 Å². The van der Waals surface area contributed by atoms with Crippen molar-refractivity contribution in [3.05, 3.63) is 13.2 Å². The van der Waals surface area contributed by atoms with Crippen molar-refractivity contribution < 1.29 is 8.78 Å². The van der Waals surface area contributed by atoms with Crippen LogP contribution in [-0.2, 0) is 0 Å². The topological polar surface area (TPSA) is 3.24 Å². The lowest BCUT2D eigenvalue weighted by molar-refractivity contribution is -0.0655. The SMILES string of the molecule is C=C.CCC.FC1(F)CCN(C2CCCCC2)CC1. The van der Waals surface area contributed by atoms with Crippen molar-refractivity contribution in [3.8, 4) is 0 Å². The highest BCUT2D eigenvalue weighted by atomic mass is 19.3. The van der Waals surface area contributed by atoms with Crippen LogP contribution < -0.4 is 0 Å². The Bertz CT molecular complexity index is 203. The summed E-state index contributed by atoms with van der Waals surface area (Å²) in [6.45, 7) is 11.5. The van der Waals surface area contributed by atoms with Crippen molar-refractivity contribution in [1.29, 1.82) is 0 Å². The fraction of sp³-hybridized carbons (Fsp3) is 0.875. The first kappa shape index (κ1) is 18.6. The van der Waals surface area contributed by atoms with E-state index < -0.39 is 5.92 Å². The second kappa shape index (κ2) is 10.4. The summed E-state index contributed by atoms with van der Waals surface area (Å²) in [6, 6.07) is 0.611. The molecule has 0 N–H and O–H groups in total. The summed E-state index contributed by atoms with van der Waals surface area (Å²) in [6.07, 6.45) is 7.76. The zero-order chi connectivity index (χ0) is 14.7. The molecule has 1 aliphatic carbocycles. The zero-order valence-electron chi connectivity index (χ0n) is 12.8. The molecule has 2 aliphatic rings. The number of halogens is 2. The second-order valence-corrected chi connectivity index (χ2v) is 5.39. The number of nitrogens with zero attached hydrogens (tertiary/aromatic N) is 1. The van der Waals surface area contributed by atoms with Gasteiger partial charge in [0.25, 0.3) is 5.92 Å². The highest BCUT2D eigenvalue weighted by molar-refractivity contribution is 4.83. The minimum Gasteiger partial charge on any atom is -0.300 e. The van der Waals surface area contributed by atoms with Crippen molar-refractivity contribution in [2.24, 2.45) is 0 Å². The lowest BCUT2D eigenvalue weighted by Gasteiger charge is -2.39. The van der Waals surface area contributed by atoms with Crippen LogP contribution in [-0.4, -0.2) is 30.0 Å². The Balaban J connectivity index is 0.000000573. The third-order valence-electron chi connectivity index (χ3n) is 3.62. The summed E-state index contributed by atoms with van der Waals surface area (Å²) in [7, 11) is 0. The van der Waals surface area contributed by atoms with Crippen LogP contribution in [0.5, 0.6) is 0 Å². The molecule has 0 unspecified atom stereocenters. The summed E-state index contributed by atoms with van der Waals surface area (Å²) in [5.41, 5.74) is 0. The molecule has 1 saturated carbocycles. The maximum Gasteiger partial charge on any atom is 0.250 e. The molecule has 0 atom stereocenters. The second-order valence-electron chi connectivity index (χ2n) is 5.39. The van der Waals surface area contributed by atoms with Gasteiger partial charge in [-0.2, -0.15) is 0 Å². The molecule has 1 heterocycles. The third-order valence-corrected chi connectivity index (χ3v) is 3.62. The summed E-state index contributed by atoms with van der Waals surface area (Å²) in [4.78, 5) is 2.29. The molecule has 0 aromatic heterocycles. The Labute approximate surface area is 118 Å². The van der Waals surface area contributed by atoms with Crippen molar-refractivity contribution >= 4 is 0 Å². The lowest BCUT2D eigenvalue weighted by atomic mass is 9.92. The minimum absolute atomic E-state index is 0.0729. The van der Waals surface area contributed by atoms with Crippen molar-refractivity contribution in [1.82, 2.24) is 4.90 Å². The molecule has 0 spiro atoms. The van der Waals surface area contributed by atoms with E-state index in [0.717, 1.165) is 0 Å². The van der Waals surface area contributed by atoms with Gasteiger partial charge in [-0.1, -0.05) is 39.5 Å². The Hall–Kier alpha value is -0.440. The fourth-order valence-corrected chi connectivity index (χ4v) is 2.66. The molecule has 2 rings (SSSR count). The predicted octanol–water partition coefficient (Wildman–Crippen LogP) is 5.27. The molecule has 1 nitrogen and oxygen atoms in total. The molecule has 19 heavy (non-hydrogen) atoms. The Morgan fingerprint density at radius 2 is 1.42 bits per heavy atom. The van der Waals surface area contributed by atoms with E-state index in [-0.39, 0.29) is 12.8 Å². The number of hydrogen-bond acceptors (Lipinski definition) is 1. The summed E-state index contributed by atoms with van der Waals surface area (Å²) >= 11 is 0. The quantitative estimate of drug-likeness (QED) is 0.589. The molecule has 0 radical (unpaired) electrons. The molecular formula is C16H31F2N. The standard InChI is InChI=1S/C11H19F2N.C3H8.C2H4/c12-11(13)6-8-14(9-7-11)10-4-2-1-3-5-10;1-3-2;1-2/h10H,1-9H2;3H2,1-2H3;1-2H2. The first-order valence-electron chi connectivity index (χ1n) is 7.71. The minimum atomic E-state index is -2.38. The number of hydrogen-bond donors (Lipinski definition) is 0.